The van der Waals surface area contributed by atoms with Crippen molar-refractivity contribution in [2.75, 3.05) is 16.8 Å². The lowest BCUT2D eigenvalue weighted by molar-refractivity contribution is -0.119. The summed E-state index contributed by atoms with van der Waals surface area (Å²) in [5.41, 5.74) is 1.19. The Kier molecular flexibility index (Phi) is 3.95. The van der Waals surface area contributed by atoms with Crippen LogP contribution >= 0.6 is 0 Å². The molecule has 6 heteroatoms. The van der Waals surface area contributed by atoms with Crippen LogP contribution in [0, 0.1) is 17.8 Å². The Labute approximate surface area is 158 Å². The Hall–Kier alpha value is -2.37. The maximum atomic E-state index is 12.6. The zero-order valence-electron chi connectivity index (χ0n) is 15.4. The van der Waals surface area contributed by atoms with Gasteiger partial charge < -0.3 is 10.2 Å². The molecule has 1 aromatic carbocycles. The molecule has 0 spiro atoms. The minimum absolute atomic E-state index is 0.0318. The second kappa shape index (κ2) is 6.36. The van der Waals surface area contributed by atoms with Crippen molar-refractivity contribution in [1.82, 2.24) is 4.90 Å². The van der Waals surface area contributed by atoms with Crippen LogP contribution < -0.4 is 10.2 Å². The van der Waals surface area contributed by atoms with Gasteiger partial charge >= 0.3 is 6.03 Å². The van der Waals surface area contributed by atoms with Crippen LogP contribution in [-0.2, 0) is 9.59 Å². The molecule has 4 aliphatic rings. The topological polar surface area (TPSA) is 69.7 Å². The van der Waals surface area contributed by atoms with E-state index < -0.39 is 0 Å². The lowest BCUT2D eigenvalue weighted by Crippen LogP contribution is -2.33. The largest absolute Gasteiger partial charge is 0.332 e. The van der Waals surface area contributed by atoms with E-state index in [4.69, 9.17) is 0 Å². The number of nitrogens with zero attached hydrogens (tertiary/aromatic N) is 2. The second-order valence-corrected chi connectivity index (χ2v) is 8.55. The predicted molar refractivity (Wildman–Crippen MR) is 101 cm³/mol. The molecule has 2 bridgehead atoms. The molecule has 142 valence electrons. The SMILES string of the molecule is O=C(C[C@H]1C[C@@H]2CC[C@@H]1C2)Nc1cccc(N2C(=O)[C@@H]3CCCN3C2=O)c1. The number of rotatable bonds is 4. The van der Waals surface area contributed by atoms with Crippen LogP contribution in [0.4, 0.5) is 16.2 Å². The molecule has 1 N–H and O–H groups in total. The fourth-order valence-electron chi connectivity index (χ4n) is 5.66. The molecule has 0 aromatic heterocycles. The van der Waals surface area contributed by atoms with E-state index in [0.717, 1.165) is 24.7 Å². The molecule has 2 saturated carbocycles. The summed E-state index contributed by atoms with van der Waals surface area (Å²) in [7, 11) is 0. The number of carbonyl (C=O) groups excluding carboxylic acids is 3. The van der Waals surface area contributed by atoms with Gasteiger partial charge in [0.1, 0.15) is 6.04 Å². The first-order valence-corrected chi connectivity index (χ1v) is 10.1. The zero-order valence-corrected chi connectivity index (χ0v) is 15.4. The molecule has 1 aromatic rings. The van der Waals surface area contributed by atoms with E-state index in [0.29, 0.717) is 30.3 Å². The van der Waals surface area contributed by atoms with Crippen LogP contribution in [0.2, 0.25) is 0 Å². The molecule has 2 heterocycles. The van der Waals surface area contributed by atoms with Crippen molar-refractivity contribution in [3.05, 3.63) is 24.3 Å². The van der Waals surface area contributed by atoms with Gasteiger partial charge in [0.15, 0.2) is 0 Å². The summed E-state index contributed by atoms with van der Waals surface area (Å²) < 4.78 is 0. The van der Waals surface area contributed by atoms with E-state index in [2.05, 4.69) is 5.32 Å². The molecule has 0 unspecified atom stereocenters. The van der Waals surface area contributed by atoms with Crippen LogP contribution in [0.15, 0.2) is 24.3 Å². The summed E-state index contributed by atoms with van der Waals surface area (Å²) >= 11 is 0. The Morgan fingerprint density at radius 1 is 1.15 bits per heavy atom. The lowest BCUT2D eigenvalue weighted by atomic mass is 9.86. The number of amides is 4. The van der Waals surface area contributed by atoms with Crippen LogP contribution in [0.3, 0.4) is 0 Å². The standard InChI is InChI=1S/C21H25N3O3/c25-19(11-15-10-13-6-7-14(15)9-13)22-16-3-1-4-17(12-16)24-20(26)18-5-2-8-23(18)21(24)27/h1,3-4,12-15,18H,2,5-11H2,(H,22,25)/t13-,14-,15-,18+/m1/s1. The van der Waals surface area contributed by atoms with E-state index in [1.807, 2.05) is 6.07 Å². The summed E-state index contributed by atoms with van der Waals surface area (Å²) in [5, 5.41) is 2.97. The van der Waals surface area contributed by atoms with E-state index in [-0.39, 0.29) is 23.9 Å². The number of hydrogen-bond acceptors (Lipinski definition) is 3. The molecular formula is C21H25N3O3. The molecule has 5 rings (SSSR count). The van der Waals surface area contributed by atoms with E-state index in [1.54, 1.807) is 23.1 Å². The van der Waals surface area contributed by atoms with Crippen LogP contribution in [0.1, 0.15) is 44.9 Å². The summed E-state index contributed by atoms with van der Waals surface area (Å²) in [6.45, 7) is 0.645. The molecule has 6 nitrogen and oxygen atoms in total. The van der Waals surface area contributed by atoms with Gasteiger partial charge in [-0.2, -0.15) is 0 Å². The van der Waals surface area contributed by atoms with Crippen LogP contribution in [0.5, 0.6) is 0 Å². The van der Waals surface area contributed by atoms with E-state index >= 15 is 0 Å². The van der Waals surface area contributed by atoms with E-state index in [9.17, 15) is 14.4 Å². The van der Waals surface area contributed by atoms with Gasteiger partial charge in [-0.1, -0.05) is 12.5 Å². The number of carbonyl (C=O) groups is 3. The summed E-state index contributed by atoms with van der Waals surface area (Å²) in [4.78, 5) is 40.6. The molecule has 4 atom stereocenters. The molecule has 2 aliphatic heterocycles. The third-order valence-corrected chi connectivity index (χ3v) is 6.92. The van der Waals surface area contributed by atoms with Crippen molar-refractivity contribution in [2.45, 2.75) is 51.0 Å². The molecule has 2 saturated heterocycles. The zero-order chi connectivity index (χ0) is 18.5. The Morgan fingerprint density at radius 2 is 2.04 bits per heavy atom. The third-order valence-electron chi connectivity index (χ3n) is 6.92. The Bertz CT molecular complexity index is 786. The van der Waals surface area contributed by atoms with Gasteiger partial charge in [0, 0.05) is 18.7 Å². The third kappa shape index (κ3) is 2.82. The fourth-order valence-corrected chi connectivity index (χ4v) is 5.66. The quantitative estimate of drug-likeness (QED) is 0.830. The van der Waals surface area contributed by atoms with Crippen LogP contribution in [0.25, 0.3) is 0 Å². The minimum Gasteiger partial charge on any atom is -0.326 e. The average molecular weight is 367 g/mol. The monoisotopic (exact) mass is 367 g/mol. The van der Waals surface area contributed by atoms with Crippen molar-refractivity contribution in [2.24, 2.45) is 17.8 Å². The highest BCUT2D eigenvalue weighted by Gasteiger charge is 2.48. The molecule has 4 amide bonds. The average Bonchev–Trinajstić information content (AvgIpc) is 3.40. The molecule has 0 radical (unpaired) electrons. The van der Waals surface area contributed by atoms with Crippen molar-refractivity contribution in [3.8, 4) is 0 Å². The molecular weight excluding hydrogens is 342 g/mol. The first kappa shape index (κ1) is 16.8. The number of nitrogens with one attached hydrogen (secondary N) is 1. The highest BCUT2D eigenvalue weighted by atomic mass is 16.2. The predicted octanol–water partition coefficient (Wildman–Crippen LogP) is 3.38. The van der Waals surface area contributed by atoms with Crippen LogP contribution in [-0.4, -0.2) is 35.3 Å². The maximum absolute atomic E-state index is 12.6. The van der Waals surface area contributed by atoms with E-state index in [1.165, 1.54) is 30.6 Å². The van der Waals surface area contributed by atoms with Crippen molar-refractivity contribution >= 4 is 29.2 Å². The van der Waals surface area contributed by atoms with Gasteiger partial charge in [-0.3, -0.25) is 9.59 Å². The first-order chi connectivity index (χ1) is 13.1. The molecule has 27 heavy (non-hydrogen) atoms. The van der Waals surface area contributed by atoms with Gasteiger partial charge in [-0.05, 0) is 68.1 Å². The highest BCUT2D eigenvalue weighted by molar-refractivity contribution is 6.21. The smallest absolute Gasteiger partial charge is 0.326 e. The Balaban J connectivity index is 1.27. The molecule has 4 fully saturated rings. The van der Waals surface area contributed by atoms with Crippen molar-refractivity contribution < 1.29 is 14.4 Å². The van der Waals surface area contributed by atoms with Crippen molar-refractivity contribution in [1.29, 1.82) is 0 Å². The lowest BCUT2D eigenvalue weighted by Gasteiger charge is -2.21. The van der Waals surface area contributed by atoms with Crippen molar-refractivity contribution in [3.63, 3.8) is 0 Å². The number of anilines is 2. The summed E-state index contributed by atoms with van der Waals surface area (Å²) in [5.74, 6) is 1.95. The normalized spacial score (nSPS) is 31.7. The Morgan fingerprint density at radius 3 is 2.78 bits per heavy atom. The van der Waals surface area contributed by atoms with Gasteiger partial charge in [-0.25, -0.2) is 9.69 Å². The van der Waals surface area contributed by atoms with Gasteiger partial charge in [0.2, 0.25) is 5.91 Å². The second-order valence-electron chi connectivity index (χ2n) is 8.55. The first-order valence-electron chi connectivity index (χ1n) is 10.1. The molecule has 2 aliphatic carbocycles. The van der Waals surface area contributed by atoms with Gasteiger partial charge in [0.25, 0.3) is 5.91 Å². The van der Waals surface area contributed by atoms with Gasteiger partial charge in [-0.15, -0.1) is 0 Å². The number of imide groups is 1. The maximum Gasteiger partial charge on any atom is 0.332 e. The number of fused-ring (bicyclic) bond motifs is 3. The number of urea groups is 1. The van der Waals surface area contributed by atoms with Gasteiger partial charge in [0.05, 0.1) is 5.69 Å². The highest BCUT2D eigenvalue weighted by Crippen LogP contribution is 2.49. The summed E-state index contributed by atoms with van der Waals surface area (Å²) in [6, 6.07) is 6.53. The fraction of sp³-hybridized carbons (Fsp3) is 0.571. The minimum atomic E-state index is -0.312. The number of hydrogen-bond donors (Lipinski definition) is 1. The number of benzene rings is 1. The summed E-state index contributed by atoms with van der Waals surface area (Å²) in [6.07, 6.45) is 7.28.